The zero-order valence-electron chi connectivity index (χ0n) is 9.33. The van der Waals surface area contributed by atoms with Crippen LogP contribution in [0.1, 0.15) is 11.7 Å². The summed E-state index contributed by atoms with van der Waals surface area (Å²) in [6, 6.07) is 2.13. The van der Waals surface area contributed by atoms with Crippen molar-refractivity contribution in [2.45, 2.75) is 18.4 Å². The van der Waals surface area contributed by atoms with Gasteiger partial charge in [0.1, 0.15) is 6.10 Å². The number of carboxylic acid groups (broad SMARTS) is 1. The van der Waals surface area contributed by atoms with Crippen LogP contribution in [-0.2, 0) is 4.79 Å². The van der Waals surface area contributed by atoms with Crippen molar-refractivity contribution in [2.24, 2.45) is 0 Å². The van der Waals surface area contributed by atoms with E-state index in [0.29, 0.717) is 0 Å². The van der Waals surface area contributed by atoms with Gasteiger partial charge in [-0.05, 0) is 6.07 Å². The van der Waals surface area contributed by atoms with Crippen molar-refractivity contribution in [2.75, 3.05) is 6.61 Å². The van der Waals surface area contributed by atoms with Crippen molar-refractivity contribution in [1.29, 1.82) is 0 Å². The highest BCUT2D eigenvalue weighted by Gasteiger charge is 2.29. The molecule has 3 N–H and O–H groups in total. The molecule has 19 heavy (non-hydrogen) atoms. The Kier molecular flexibility index (Phi) is 4.67. The number of aliphatic hydroxyl groups excluding tert-OH is 2. The van der Waals surface area contributed by atoms with E-state index in [9.17, 15) is 23.1 Å². The lowest BCUT2D eigenvalue weighted by molar-refractivity contribution is -0.154. The van der Waals surface area contributed by atoms with Gasteiger partial charge in [0.25, 0.3) is 0 Å². The molecule has 2 unspecified atom stereocenters. The van der Waals surface area contributed by atoms with Gasteiger partial charge in [-0.1, -0.05) is 0 Å². The highest BCUT2D eigenvalue weighted by atomic mass is 19.4. The molecule has 0 aromatic carbocycles. The second-order valence-corrected chi connectivity index (χ2v) is 3.56. The van der Waals surface area contributed by atoms with Crippen molar-refractivity contribution >= 4 is 5.97 Å². The Morgan fingerprint density at radius 1 is 1.37 bits per heavy atom. The molecule has 1 aromatic heterocycles. The zero-order valence-corrected chi connectivity index (χ0v) is 9.33. The molecule has 106 valence electrons. The monoisotopic (exact) mass is 281 g/mol. The third kappa shape index (κ3) is 4.72. The van der Waals surface area contributed by atoms with Crippen molar-refractivity contribution in [3.63, 3.8) is 0 Å². The Hall–Kier alpha value is -1.87. The largest absolute Gasteiger partial charge is 0.479 e. The SMILES string of the molecule is O=C(O)C(O)C(O)c1ccc(OCC(F)(F)F)nc1. The Labute approximate surface area is 105 Å². The van der Waals surface area contributed by atoms with Crippen LogP contribution in [-0.4, -0.2) is 45.2 Å². The Bertz CT molecular complexity index is 434. The van der Waals surface area contributed by atoms with E-state index in [0.717, 1.165) is 18.3 Å². The summed E-state index contributed by atoms with van der Waals surface area (Å²) in [5.74, 6) is -1.97. The summed E-state index contributed by atoms with van der Waals surface area (Å²) in [6.07, 6.45) is -7.37. The van der Waals surface area contributed by atoms with E-state index in [1.165, 1.54) is 0 Å². The Morgan fingerprint density at radius 3 is 2.42 bits per heavy atom. The topological polar surface area (TPSA) is 99.9 Å². The van der Waals surface area contributed by atoms with Gasteiger partial charge in [0.05, 0.1) is 0 Å². The van der Waals surface area contributed by atoms with Crippen molar-refractivity contribution in [3.8, 4) is 5.88 Å². The number of aliphatic hydroxyl groups is 2. The van der Waals surface area contributed by atoms with Crippen LogP contribution in [0.4, 0.5) is 13.2 Å². The molecule has 0 amide bonds. The van der Waals surface area contributed by atoms with Crippen LogP contribution in [0.15, 0.2) is 18.3 Å². The minimum absolute atomic E-state index is 0.0609. The first-order chi connectivity index (χ1) is 8.70. The summed E-state index contributed by atoms with van der Waals surface area (Å²) in [5.41, 5.74) is -0.0609. The summed E-state index contributed by atoms with van der Waals surface area (Å²) >= 11 is 0. The fourth-order valence-electron chi connectivity index (χ4n) is 1.13. The molecule has 0 aliphatic rings. The van der Waals surface area contributed by atoms with Gasteiger partial charge in [-0.15, -0.1) is 0 Å². The molecule has 0 bridgehead atoms. The van der Waals surface area contributed by atoms with Gasteiger partial charge in [-0.2, -0.15) is 13.2 Å². The van der Waals surface area contributed by atoms with Crippen LogP contribution >= 0.6 is 0 Å². The molecular formula is C10H10F3NO5. The Morgan fingerprint density at radius 2 is 2.00 bits per heavy atom. The fourth-order valence-corrected chi connectivity index (χ4v) is 1.13. The lowest BCUT2D eigenvalue weighted by Crippen LogP contribution is -2.27. The van der Waals surface area contributed by atoms with Crippen LogP contribution in [0.3, 0.4) is 0 Å². The van der Waals surface area contributed by atoms with Gasteiger partial charge >= 0.3 is 12.1 Å². The van der Waals surface area contributed by atoms with Gasteiger partial charge in [0.2, 0.25) is 5.88 Å². The molecule has 0 aliphatic heterocycles. The summed E-state index contributed by atoms with van der Waals surface area (Å²) in [4.78, 5) is 13.9. The number of rotatable bonds is 5. The maximum Gasteiger partial charge on any atom is 0.422 e. The fraction of sp³-hybridized carbons (Fsp3) is 0.400. The normalized spacial score (nSPS) is 14.8. The average molecular weight is 281 g/mol. The molecular weight excluding hydrogens is 271 g/mol. The van der Waals surface area contributed by atoms with Gasteiger partial charge in [-0.25, -0.2) is 9.78 Å². The van der Waals surface area contributed by atoms with Crippen LogP contribution in [0.2, 0.25) is 0 Å². The minimum atomic E-state index is -4.50. The number of pyridine rings is 1. The number of nitrogens with zero attached hydrogens (tertiary/aromatic N) is 1. The molecule has 6 nitrogen and oxygen atoms in total. The second-order valence-electron chi connectivity index (χ2n) is 3.56. The van der Waals surface area contributed by atoms with E-state index >= 15 is 0 Å². The molecule has 0 spiro atoms. The molecule has 0 radical (unpaired) electrons. The number of halogens is 3. The smallest absolute Gasteiger partial charge is 0.422 e. The van der Waals surface area contributed by atoms with E-state index in [1.54, 1.807) is 0 Å². The number of hydrogen-bond acceptors (Lipinski definition) is 5. The lowest BCUT2D eigenvalue weighted by Gasteiger charge is -2.14. The summed E-state index contributed by atoms with van der Waals surface area (Å²) < 4.78 is 39.9. The zero-order chi connectivity index (χ0) is 14.6. The van der Waals surface area contributed by atoms with E-state index in [4.69, 9.17) is 10.2 Å². The van der Waals surface area contributed by atoms with E-state index in [2.05, 4.69) is 9.72 Å². The van der Waals surface area contributed by atoms with E-state index in [1.807, 2.05) is 0 Å². The maximum atomic E-state index is 11.9. The second kappa shape index (κ2) is 5.85. The molecule has 0 aliphatic carbocycles. The van der Waals surface area contributed by atoms with E-state index in [-0.39, 0.29) is 11.4 Å². The molecule has 0 fully saturated rings. The van der Waals surface area contributed by atoms with Gasteiger partial charge in [0, 0.05) is 17.8 Å². The first kappa shape index (κ1) is 15.2. The standard InChI is InChI=1S/C10H10F3NO5/c11-10(12,13)4-19-6-2-1-5(3-14-6)7(15)8(16)9(17)18/h1-3,7-8,15-16H,4H2,(H,17,18). The summed E-state index contributed by atoms with van der Waals surface area (Å²) in [6.45, 7) is -1.51. The molecule has 2 atom stereocenters. The predicted molar refractivity (Wildman–Crippen MR) is 54.4 cm³/mol. The van der Waals surface area contributed by atoms with Crippen molar-refractivity contribution in [3.05, 3.63) is 23.9 Å². The number of aliphatic carboxylic acids is 1. The number of carbonyl (C=O) groups is 1. The molecule has 0 saturated heterocycles. The highest BCUT2D eigenvalue weighted by Crippen LogP contribution is 2.20. The third-order valence-corrected chi connectivity index (χ3v) is 2.04. The molecule has 9 heteroatoms. The highest BCUT2D eigenvalue weighted by molar-refractivity contribution is 5.73. The number of alkyl halides is 3. The first-order valence-electron chi connectivity index (χ1n) is 4.95. The summed E-state index contributed by atoms with van der Waals surface area (Å²) in [5, 5.41) is 27.0. The molecule has 0 saturated carbocycles. The number of hydrogen-bond donors (Lipinski definition) is 3. The molecule has 1 aromatic rings. The Balaban J connectivity index is 2.68. The lowest BCUT2D eigenvalue weighted by atomic mass is 10.1. The van der Waals surface area contributed by atoms with Crippen molar-refractivity contribution < 1.29 is 38.0 Å². The number of aromatic nitrogens is 1. The minimum Gasteiger partial charge on any atom is -0.479 e. The predicted octanol–water partition coefficient (Wildman–Crippen LogP) is 0.502. The number of ether oxygens (including phenoxy) is 1. The van der Waals surface area contributed by atoms with Gasteiger partial charge < -0.3 is 20.1 Å². The van der Waals surface area contributed by atoms with Crippen LogP contribution < -0.4 is 4.74 Å². The molecule has 1 heterocycles. The van der Waals surface area contributed by atoms with Crippen LogP contribution in [0, 0.1) is 0 Å². The average Bonchev–Trinajstić information content (AvgIpc) is 2.34. The van der Waals surface area contributed by atoms with Gasteiger partial charge in [0.15, 0.2) is 12.7 Å². The quantitative estimate of drug-likeness (QED) is 0.726. The summed E-state index contributed by atoms with van der Waals surface area (Å²) in [7, 11) is 0. The third-order valence-electron chi connectivity index (χ3n) is 2.04. The molecule has 1 rings (SSSR count). The van der Waals surface area contributed by atoms with Crippen LogP contribution in [0.25, 0.3) is 0 Å². The van der Waals surface area contributed by atoms with E-state index < -0.39 is 31.0 Å². The number of carboxylic acids is 1. The van der Waals surface area contributed by atoms with Crippen molar-refractivity contribution in [1.82, 2.24) is 4.98 Å². The van der Waals surface area contributed by atoms with Crippen LogP contribution in [0.5, 0.6) is 5.88 Å². The van der Waals surface area contributed by atoms with Gasteiger partial charge in [-0.3, -0.25) is 0 Å². The maximum absolute atomic E-state index is 11.9. The first-order valence-corrected chi connectivity index (χ1v) is 4.95.